The van der Waals surface area contributed by atoms with Crippen LogP contribution in [-0.4, -0.2) is 41.2 Å². The van der Waals surface area contributed by atoms with Crippen LogP contribution >= 0.6 is 11.3 Å². The highest BCUT2D eigenvalue weighted by atomic mass is 32.1. The second-order valence-corrected chi connectivity index (χ2v) is 6.60. The number of piperidine rings is 1. The van der Waals surface area contributed by atoms with E-state index in [1.54, 1.807) is 15.9 Å². The largest absolute Gasteiger partial charge is 0.333 e. The van der Waals surface area contributed by atoms with Gasteiger partial charge in [0.15, 0.2) is 0 Å². The molecule has 2 fully saturated rings. The van der Waals surface area contributed by atoms with Crippen LogP contribution in [0, 0.1) is 5.92 Å². The van der Waals surface area contributed by atoms with Gasteiger partial charge in [-0.1, -0.05) is 6.07 Å². The molecule has 0 radical (unpaired) electrons. The third-order valence-corrected chi connectivity index (χ3v) is 5.29. The Morgan fingerprint density at radius 1 is 1.35 bits per heavy atom. The van der Waals surface area contributed by atoms with Crippen molar-refractivity contribution in [2.75, 3.05) is 19.6 Å². The highest BCUT2D eigenvalue weighted by Crippen LogP contribution is 2.28. The Morgan fingerprint density at radius 3 is 3.00 bits per heavy atom. The maximum Gasteiger partial charge on any atom is 0.325 e. The molecule has 2 saturated heterocycles. The van der Waals surface area contributed by atoms with E-state index in [0.29, 0.717) is 12.0 Å². The van der Waals surface area contributed by atoms with Crippen molar-refractivity contribution in [1.29, 1.82) is 0 Å². The van der Waals surface area contributed by atoms with Gasteiger partial charge in [0.25, 0.3) is 0 Å². The monoisotopic (exact) mass is 287 g/mol. The van der Waals surface area contributed by atoms with Gasteiger partial charge in [-0.2, -0.15) is 0 Å². The fraction of sp³-hybridized carbons (Fsp3) is 0.400. The highest BCUT2D eigenvalue weighted by Gasteiger charge is 2.38. The molecule has 1 N–H and O–H groups in total. The van der Waals surface area contributed by atoms with E-state index in [1.807, 2.05) is 24.5 Å². The van der Waals surface area contributed by atoms with Crippen LogP contribution in [0.2, 0.25) is 0 Å². The molecule has 0 aromatic carbocycles. The molecule has 4 heterocycles. The Balaban J connectivity index is 1.46. The minimum absolute atomic E-state index is 0.00782. The van der Waals surface area contributed by atoms with E-state index >= 15 is 0 Å². The van der Waals surface area contributed by atoms with Crippen molar-refractivity contribution in [1.82, 2.24) is 14.8 Å². The van der Waals surface area contributed by atoms with Crippen LogP contribution in [0.15, 0.2) is 36.0 Å². The molecule has 4 nitrogen and oxygen atoms in total. The third kappa shape index (κ3) is 2.07. The van der Waals surface area contributed by atoms with Gasteiger partial charge in [0.1, 0.15) is 0 Å². The first-order valence-electron chi connectivity index (χ1n) is 7.05. The second kappa shape index (κ2) is 4.75. The Labute approximate surface area is 122 Å². The van der Waals surface area contributed by atoms with E-state index in [2.05, 4.69) is 21.7 Å². The minimum atomic E-state index is -0.00782. The summed E-state index contributed by atoms with van der Waals surface area (Å²) in [6.45, 7) is 3.36. The summed E-state index contributed by atoms with van der Waals surface area (Å²) < 4.78 is 1.66. The fourth-order valence-electron chi connectivity index (χ4n) is 3.29. The van der Waals surface area contributed by atoms with Gasteiger partial charge in [-0.05, 0) is 36.4 Å². The average Bonchev–Trinajstić information content (AvgIpc) is 3.21. The molecule has 0 spiro atoms. The van der Waals surface area contributed by atoms with Crippen LogP contribution in [0.5, 0.6) is 0 Å². The van der Waals surface area contributed by atoms with Crippen LogP contribution in [0.3, 0.4) is 0 Å². The molecule has 2 aliphatic rings. The lowest BCUT2D eigenvalue weighted by Crippen LogP contribution is -2.44. The average molecular weight is 287 g/mol. The number of carbonyl (C=O) groups is 1. The molecule has 0 saturated carbocycles. The molecule has 4 rings (SSSR count). The smallest absolute Gasteiger partial charge is 0.325 e. The lowest BCUT2D eigenvalue weighted by molar-refractivity contribution is 0.231. The molecular formula is C15H17N3OS. The molecular weight excluding hydrogens is 270 g/mol. The van der Waals surface area contributed by atoms with Crippen molar-refractivity contribution in [3.05, 3.63) is 36.0 Å². The summed E-state index contributed by atoms with van der Waals surface area (Å²) in [6.07, 6.45) is 4.98. The molecule has 2 aliphatic heterocycles. The van der Waals surface area contributed by atoms with E-state index in [9.17, 15) is 4.79 Å². The normalized spacial score (nSPS) is 27.9. The SMILES string of the molecule is O=C(NC1CN2CC[C@H]1C2)n1ccc(-c2cccs2)c1. The fourth-order valence-corrected chi connectivity index (χ4v) is 4.01. The molecule has 2 bridgehead atoms. The Morgan fingerprint density at radius 2 is 2.30 bits per heavy atom. The summed E-state index contributed by atoms with van der Waals surface area (Å²) in [4.78, 5) is 15.9. The summed E-state index contributed by atoms with van der Waals surface area (Å²) in [5.74, 6) is 0.645. The lowest BCUT2D eigenvalue weighted by atomic mass is 10.0. The molecule has 20 heavy (non-hydrogen) atoms. The number of rotatable bonds is 2. The van der Waals surface area contributed by atoms with Crippen LogP contribution in [0.25, 0.3) is 10.4 Å². The molecule has 3 atom stereocenters. The predicted octanol–water partition coefficient (Wildman–Crippen LogP) is 2.48. The van der Waals surface area contributed by atoms with Crippen LogP contribution in [0.1, 0.15) is 6.42 Å². The zero-order valence-electron chi connectivity index (χ0n) is 11.2. The number of fused-ring (bicyclic) bond motifs is 2. The zero-order chi connectivity index (χ0) is 13.5. The summed E-state index contributed by atoms with van der Waals surface area (Å²) in [6, 6.07) is 6.41. The van der Waals surface area contributed by atoms with Gasteiger partial charge in [-0.15, -0.1) is 11.3 Å². The first kappa shape index (κ1) is 12.2. The maximum atomic E-state index is 12.3. The van der Waals surface area contributed by atoms with Crippen LogP contribution in [-0.2, 0) is 0 Å². The van der Waals surface area contributed by atoms with Crippen molar-refractivity contribution < 1.29 is 4.79 Å². The quantitative estimate of drug-likeness (QED) is 0.921. The van der Waals surface area contributed by atoms with Crippen molar-refractivity contribution in [3.8, 4) is 10.4 Å². The van der Waals surface area contributed by atoms with Gasteiger partial charge in [0.05, 0.1) is 0 Å². The third-order valence-electron chi connectivity index (χ3n) is 4.37. The van der Waals surface area contributed by atoms with Gasteiger partial charge < -0.3 is 10.2 Å². The highest BCUT2D eigenvalue weighted by molar-refractivity contribution is 7.13. The van der Waals surface area contributed by atoms with Gasteiger partial charge in [0.2, 0.25) is 0 Å². The Kier molecular flexibility index (Phi) is 2.89. The van der Waals surface area contributed by atoms with Gasteiger partial charge in [0, 0.05) is 42.0 Å². The Bertz CT molecular complexity index is 619. The summed E-state index contributed by atoms with van der Waals surface area (Å²) in [5, 5.41) is 5.22. The van der Waals surface area contributed by atoms with Crippen molar-refractivity contribution in [2.45, 2.75) is 12.5 Å². The van der Waals surface area contributed by atoms with Crippen LogP contribution in [0.4, 0.5) is 4.79 Å². The number of aromatic nitrogens is 1. The van der Waals surface area contributed by atoms with E-state index in [0.717, 1.165) is 18.7 Å². The number of nitrogens with zero attached hydrogens (tertiary/aromatic N) is 2. The number of hydrogen-bond acceptors (Lipinski definition) is 3. The van der Waals surface area contributed by atoms with Crippen molar-refractivity contribution >= 4 is 17.4 Å². The maximum absolute atomic E-state index is 12.3. The van der Waals surface area contributed by atoms with Gasteiger partial charge >= 0.3 is 6.03 Å². The zero-order valence-corrected chi connectivity index (χ0v) is 12.0. The lowest BCUT2D eigenvalue weighted by Gasteiger charge is -2.23. The first-order chi connectivity index (χ1) is 9.79. The number of hydrogen-bond donors (Lipinski definition) is 1. The van der Waals surface area contributed by atoms with Crippen molar-refractivity contribution in [3.63, 3.8) is 0 Å². The second-order valence-electron chi connectivity index (χ2n) is 5.65. The number of amides is 1. The Hall–Kier alpha value is -1.59. The molecule has 0 aliphatic carbocycles. The molecule has 2 unspecified atom stereocenters. The number of thiophene rings is 1. The number of carbonyl (C=O) groups excluding carboxylic acids is 1. The standard InChI is InChI=1S/C15H17N3OS/c19-15(16-13-10-17-5-3-11(13)8-17)18-6-4-12(9-18)14-2-1-7-20-14/h1-2,4,6-7,9,11,13H,3,5,8,10H2,(H,16,19)/t11-,13?/m0/s1. The van der Waals surface area contributed by atoms with E-state index in [-0.39, 0.29) is 6.03 Å². The van der Waals surface area contributed by atoms with Gasteiger partial charge in [-0.3, -0.25) is 4.57 Å². The summed E-state index contributed by atoms with van der Waals surface area (Å²) >= 11 is 1.69. The molecule has 5 heteroatoms. The molecule has 104 valence electrons. The van der Waals surface area contributed by atoms with E-state index in [1.165, 1.54) is 17.8 Å². The summed E-state index contributed by atoms with van der Waals surface area (Å²) in [5.41, 5.74) is 1.10. The molecule has 1 amide bonds. The van der Waals surface area contributed by atoms with E-state index in [4.69, 9.17) is 0 Å². The molecule has 2 aromatic heterocycles. The number of nitrogens with one attached hydrogen (secondary N) is 1. The summed E-state index contributed by atoms with van der Waals surface area (Å²) in [7, 11) is 0. The van der Waals surface area contributed by atoms with Crippen LogP contribution < -0.4 is 5.32 Å². The molecule has 2 aromatic rings. The van der Waals surface area contributed by atoms with E-state index < -0.39 is 0 Å². The van der Waals surface area contributed by atoms with Gasteiger partial charge in [-0.25, -0.2) is 4.79 Å². The van der Waals surface area contributed by atoms with Crippen molar-refractivity contribution in [2.24, 2.45) is 5.92 Å². The minimum Gasteiger partial charge on any atom is -0.333 e. The first-order valence-corrected chi connectivity index (χ1v) is 7.93. The topological polar surface area (TPSA) is 37.3 Å². The predicted molar refractivity (Wildman–Crippen MR) is 80.0 cm³/mol.